The van der Waals surface area contributed by atoms with E-state index < -0.39 is 145 Å². The van der Waals surface area contributed by atoms with Crippen molar-refractivity contribution in [3.8, 4) is 0 Å². The van der Waals surface area contributed by atoms with Crippen LogP contribution in [0, 0.1) is 17.8 Å². The number of nitrogens with one attached hydrogen (secondary N) is 7. The summed E-state index contributed by atoms with van der Waals surface area (Å²) in [5.41, 5.74) is 16.6. The van der Waals surface area contributed by atoms with Crippen LogP contribution in [0.25, 0.3) is 0 Å². The predicted octanol–water partition coefficient (Wildman–Crippen LogP) is -3.10. The highest BCUT2D eigenvalue weighted by Crippen LogP contribution is 2.13. The van der Waals surface area contributed by atoms with Crippen molar-refractivity contribution in [2.45, 2.75) is 155 Å². The molecular weight excluding hydrogens is 832 g/mol. The largest absolute Gasteiger partial charge is 0.481 e. The molecule has 0 radical (unpaired) electrons. The minimum absolute atomic E-state index is 0.0996. The average Bonchev–Trinajstić information content (AvgIpc) is 3.18. The number of nitrogens with two attached hydrogens (primary N) is 3. The molecule has 24 nitrogen and oxygen atoms in total. The number of hydrogen-bond donors (Lipinski definition) is 13. The van der Waals surface area contributed by atoms with Crippen LogP contribution >= 0.6 is 0 Å². The monoisotopic (exact) mass is 900 g/mol. The number of hydrogen-bond acceptors (Lipinski definition) is 13. The molecule has 0 fully saturated rings. The second kappa shape index (κ2) is 28.6. The molecule has 8 amide bonds. The molecule has 0 unspecified atom stereocenters. The molecule has 0 aliphatic heterocycles. The molecule has 0 saturated heterocycles. The highest BCUT2D eigenvalue weighted by atomic mass is 16.4. The quantitative estimate of drug-likeness (QED) is 0.0307. The van der Waals surface area contributed by atoms with Crippen LogP contribution in [0.3, 0.4) is 0 Å². The second-order valence-corrected chi connectivity index (χ2v) is 16.0. The van der Waals surface area contributed by atoms with E-state index in [1.165, 1.54) is 13.8 Å². The molecule has 0 aromatic carbocycles. The Labute approximate surface area is 366 Å². The van der Waals surface area contributed by atoms with Crippen molar-refractivity contribution in [1.82, 2.24) is 37.2 Å². The molecule has 0 spiro atoms. The Morgan fingerprint density at radius 2 is 0.873 bits per heavy atom. The van der Waals surface area contributed by atoms with Crippen LogP contribution in [-0.4, -0.2) is 135 Å². The van der Waals surface area contributed by atoms with Crippen molar-refractivity contribution in [3.05, 3.63) is 0 Å². The van der Waals surface area contributed by atoms with Gasteiger partial charge in [-0.2, -0.15) is 0 Å². The van der Waals surface area contributed by atoms with Crippen LogP contribution in [0.2, 0.25) is 0 Å². The maximum absolute atomic E-state index is 13.9. The average molecular weight is 901 g/mol. The number of rotatable bonds is 31. The first-order chi connectivity index (χ1) is 29.3. The smallest absolute Gasteiger partial charge is 0.326 e. The van der Waals surface area contributed by atoms with Crippen LogP contribution in [0.5, 0.6) is 0 Å². The van der Waals surface area contributed by atoms with E-state index in [0.29, 0.717) is 25.8 Å². The summed E-state index contributed by atoms with van der Waals surface area (Å²) in [4.78, 5) is 141. The van der Waals surface area contributed by atoms with Gasteiger partial charge in [-0.1, -0.05) is 54.4 Å². The lowest BCUT2D eigenvalue weighted by Crippen LogP contribution is -2.61. The van der Waals surface area contributed by atoms with Crippen molar-refractivity contribution in [2.75, 3.05) is 6.54 Å². The van der Waals surface area contributed by atoms with E-state index in [1.54, 1.807) is 34.6 Å². The lowest BCUT2D eigenvalue weighted by atomic mass is 9.96. The van der Waals surface area contributed by atoms with E-state index >= 15 is 0 Å². The van der Waals surface area contributed by atoms with Crippen LogP contribution in [0.1, 0.15) is 106 Å². The zero-order chi connectivity index (χ0) is 48.7. The number of unbranched alkanes of at least 4 members (excludes halogenated alkanes) is 1. The van der Waals surface area contributed by atoms with Gasteiger partial charge in [0.05, 0.1) is 25.3 Å². The lowest BCUT2D eigenvalue weighted by Gasteiger charge is -2.30. The molecule has 10 atom stereocenters. The summed E-state index contributed by atoms with van der Waals surface area (Å²) in [6.45, 7) is 11.5. The molecule has 24 heteroatoms. The first kappa shape index (κ1) is 57.1. The Balaban J connectivity index is 6.56. The Kier molecular flexibility index (Phi) is 26.0. The van der Waals surface area contributed by atoms with Crippen molar-refractivity contribution in [1.29, 1.82) is 0 Å². The molecule has 63 heavy (non-hydrogen) atoms. The second-order valence-electron chi connectivity index (χ2n) is 16.0. The van der Waals surface area contributed by atoms with E-state index in [4.69, 9.17) is 17.2 Å². The number of aliphatic carboxylic acids is 3. The fraction of sp³-hybridized carbons (Fsp3) is 0.718. The van der Waals surface area contributed by atoms with Gasteiger partial charge in [0.1, 0.15) is 42.3 Å². The first-order valence-electron chi connectivity index (χ1n) is 20.8. The van der Waals surface area contributed by atoms with E-state index in [2.05, 4.69) is 37.2 Å². The molecule has 0 aliphatic rings. The number of carboxylic acid groups (broad SMARTS) is 3. The van der Waals surface area contributed by atoms with Crippen molar-refractivity contribution >= 4 is 65.2 Å². The van der Waals surface area contributed by atoms with E-state index in [1.807, 2.05) is 0 Å². The maximum atomic E-state index is 13.9. The van der Waals surface area contributed by atoms with E-state index in [0.717, 1.165) is 0 Å². The third-order valence-electron chi connectivity index (χ3n) is 9.97. The third kappa shape index (κ3) is 21.6. The van der Waals surface area contributed by atoms with Gasteiger partial charge in [0.25, 0.3) is 0 Å². The molecule has 16 N–H and O–H groups in total. The van der Waals surface area contributed by atoms with Gasteiger partial charge >= 0.3 is 17.9 Å². The van der Waals surface area contributed by atoms with Gasteiger partial charge in [-0.15, -0.1) is 0 Å². The van der Waals surface area contributed by atoms with Gasteiger partial charge in [-0.25, -0.2) is 4.79 Å². The highest BCUT2D eigenvalue weighted by molar-refractivity contribution is 5.99. The molecule has 0 aromatic rings. The van der Waals surface area contributed by atoms with Crippen molar-refractivity contribution < 1.29 is 68.1 Å². The van der Waals surface area contributed by atoms with Crippen LogP contribution in [-0.2, 0) is 52.7 Å². The fourth-order valence-corrected chi connectivity index (χ4v) is 5.92. The normalized spacial score (nSPS) is 15.8. The Morgan fingerprint density at radius 3 is 1.27 bits per heavy atom. The Hall–Kier alpha value is -5.91. The fourth-order valence-electron chi connectivity index (χ4n) is 5.92. The summed E-state index contributed by atoms with van der Waals surface area (Å²) >= 11 is 0. The van der Waals surface area contributed by atoms with Gasteiger partial charge < -0.3 is 69.7 Å². The first-order valence-corrected chi connectivity index (χ1v) is 20.8. The summed E-state index contributed by atoms with van der Waals surface area (Å²) in [6, 6.07) is -12.0. The Morgan fingerprint density at radius 1 is 0.492 bits per heavy atom. The summed E-state index contributed by atoms with van der Waals surface area (Å²) in [6.07, 6.45) is -1.36. The zero-order valence-electron chi connectivity index (χ0n) is 37.0. The summed E-state index contributed by atoms with van der Waals surface area (Å²) < 4.78 is 0. The zero-order valence-corrected chi connectivity index (χ0v) is 37.0. The minimum Gasteiger partial charge on any atom is -0.481 e. The van der Waals surface area contributed by atoms with Gasteiger partial charge in [0.2, 0.25) is 47.3 Å². The Bertz CT molecular complexity index is 1630. The van der Waals surface area contributed by atoms with Crippen molar-refractivity contribution in [2.24, 2.45) is 35.0 Å². The number of amides is 8. The van der Waals surface area contributed by atoms with Gasteiger partial charge in [0.15, 0.2) is 0 Å². The molecule has 0 rings (SSSR count). The lowest BCUT2D eigenvalue weighted by molar-refractivity contribution is -0.145. The van der Waals surface area contributed by atoms with Crippen LogP contribution in [0.4, 0.5) is 0 Å². The SMILES string of the molecule is CC[C@H](C)[C@H](NC(=O)[C@H](CC(=O)O)NC(=O)[C@H](CC(=O)O)NC(=O)[C@H](CC(C)C)NC(=O)[C@@H](NC(=O)[C@H](CC(N)=O)NC(=O)[C@H](CCCCN)NC(=O)[C@H](C)N)[C@@H](C)CC)C(=O)O. The molecule has 0 saturated carbocycles. The molecule has 0 heterocycles. The molecular formula is C39H68N10O14. The number of carboxylic acids is 3. The summed E-state index contributed by atoms with van der Waals surface area (Å²) in [5, 5.41) is 45.0. The minimum atomic E-state index is -1.95. The number of carbonyl (C=O) groups excluding carboxylic acids is 8. The number of primary amides is 1. The molecule has 0 aliphatic carbocycles. The number of carbonyl (C=O) groups is 11. The molecule has 0 bridgehead atoms. The predicted molar refractivity (Wildman–Crippen MR) is 224 cm³/mol. The third-order valence-corrected chi connectivity index (χ3v) is 9.97. The highest BCUT2D eigenvalue weighted by Gasteiger charge is 2.37. The van der Waals surface area contributed by atoms with Crippen LogP contribution in [0.15, 0.2) is 0 Å². The van der Waals surface area contributed by atoms with Crippen LogP contribution < -0.4 is 54.4 Å². The van der Waals surface area contributed by atoms with E-state index in [9.17, 15) is 68.1 Å². The van der Waals surface area contributed by atoms with E-state index in [-0.39, 0.29) is 25.2 Å². The van der Waals surface area contributed by atoms with Gasteiger partial charge in [-0.3, -0.25) is 47.9 Å². The van der Waals surface area contributed by atoms with Gasteiger partial charge in [-0.05, 0) is 56.9 Å². The molecule has 358 valence electrons. The topological polar surface area (TPSA) is 411 Å². The standard InChI is InChI=1S/C39H68N10O14/c1-8-19(5)30(48-36(59)24(15-27(42)50)44-33(56)22(12-10-11-13-40)43-32(55)21(7)41)38(61)47-23(14-18(3)4)34(57)45-25(16-28(51)52)35(58)46-26(17-29(53)54)37(60)49-31(39(62)63)20(6)9-2/h18-26,30-31H,8-17,40-41H2,1-7H3,(H2,42,50)(H,43,55)(H,44,56)(H,45,57)(H,46,58)(H,47,61)(H,48,59)(H,49,60)(H,51,52)(H,53,54)(H,62,63)/t19-,20-,21-,22-,23-,24-,25-,26-,30-,31-/m0/s1. The summed E-state index contributed by atoms with van der Waals surface area (Å²) in [5.74, 6) is -14.3. The molecule has 0 aromatic heterocycles. The van der Waals surface area contributed by atoms with Crippen molar-refractivity contribution in [3.63, 3.8) is 0 Å². The maximum Gasteiger partial charge on any atom is 0.326 e. The van der Waals surface area contributed by atoms with Gasteiger partial charge in [0, 0.05) is 0 Å². The summed E-state index contributed by atoms with van der Waals surface area (Å²) in [7, 11) is 0.